The van der Waals surface area contributed by atoms with Gasteiger partial charge in [0.05, 0.1) is 18.3 Å². The molecule has 4 heteroatoms. The molecule has 4 nitrogen and oxygen atoms in total. The maximum Gasteiger partial charge on any atom is 0.0870 e. The predicted molar refractivity (Wildman–Crippen MR) is 56.4 cm³/mol. The largest absolute Gasteiger partial charge is 0.373 e. The number of ether oxygens (including phenoxy) is 1. The highest BCUT2D eigenvalue weighted by molar-refractivity contribution is 5.11. The third-order valence-electron chi connectivity index (χ3n) is 3.24. The van der Waals surface area contributed by atoms with E-state index in [1.165, 1.54) is 18.4 Å². The van der Waals surface area contributed by atoms with E-state index in [1.807, 2.05) is 6.20 Å². The van der Waals surface area contributed by atoms with Gasteiger partial charge in [0, 0.05) is 24.4 Å². The van der Waals surface area contributed by atoms with Crippen LogP contribution in [0.5, 0.6) is 0 Å². The van der Waals surface area contributed by atoms with E-state index in [0.29, 0.717) is 6.04 Å². The van der Waals surface area contributed by atoms with Crippen molar-refractivity contribution in [2.75, 3.05) is 6.61 Å². The third kappa shape index (κ3) is 1.92. The number of aromatic nitrogens is 2. The normalized spacial score (nSPS) is 31.8. The molecule has 2 aliphatic rings. The molecular weight excluding hydrogens is 190 g/mol. The van der Waals surface area contributed by atoms with Crippen LogP contribution in [-0.2, 0) is 4.74 Å². The standard InChI is InChI=1S/C11H17N3O/c12-9-3-4-15-11(5-9)8-6-13-14(7-8)10-1-2-10/h6-7,9-11H,1-5,12H2/t9-,11+/m0/s1. The highest BCUT2D eigenvalue weighted by atomic mass is 16.5. The molecule has 1 saturated heterocycles. The van der Waals surface area contributed by atoms with E-state index < -0.39 is 0 Å². The van der Waals surface area contributed by atoms with Crippen molar-refractivity contribution in [1.82, 2.24) is 9.78 Å². The molecule has 0 bridgehead atoms. The first kappa shape index (κ1) is 9.36. The zero-order valence-electron chi connectivity index (χ0n) is 8.80. The molecule has 1 aromatic heterocycles. The van der Waals surface area contributed by atoms with Gasteiger partial charge in [-0.15, -0.1) is 0 Å². The second kappa shape index (κ2) is 3.61. The van der Waals surface area contributed by atoms with Gasteiger partial charge >= 0.3 is 0 Å². The topological polar surface area (TPSA) is 53.1 Å². The summed E-state index contributed by atoms with van der Waals surface area (Å²) >= 11 is 0. The summed E-state index contributed by atoms with van der Waals surface area (Å²) in [4.78, 5) is 0. The first-order chi connectivity index (χ1) is 7.33. The van der Waals surface area contributed by atoms with Crippen LogP contribution in [0.3, 0.4) is 0 Å². The van der Waals surface area contributed by atoms with Crippen LogP contribution in [0.4, 0.5) is 0 Å². The number of nitrogens with two attached hydrogens (primary N) is 1. The zero-order valence-corrected chi connectivity index (χ0v) is 8.80. The van der Waals surface area contributed by atoms with Gasteiger partial charge in [-0.3, -0.25) is 4.68 Å². The summed E-state index contributed by atoms with van der Waals surface area (Å²) in [7, 11) is 0. The van der Waals surface area contributed by atoms with Crippen LogP contribution in [0.1, 0.15) is 43.4 Å². The summed E-state index contributed by atoms with van der Waals surface area (Å²) < 4.78 is 7.78. The van der Waals surface area contributed by atoms with Gasteiger partial charge < -0.3 is 10.5 Å². The monoisotopic (exact) mass is 207 g/mol. The lowest BCUT2D eigenvalue weighted by Gasteiger charge is -2.26. The lowest BCUT2D eigenvalue weighted by molar-refractivity contribution is 0.00662. The van der Waals surface area contributed by atoms with Crippen molar-refractivity contribution in [3.8, 4) is 0 Å². The van der Waals surface area contributed by atoms with Gasteiger partial charge in [0.15, 0.2) is 0 Å². The fourth-order valence-corrected chi connectivity index (χ4v) is 2.11. The van der Waals surface area contributed by atoms with Crippen LogP contribution in [-0.4, -0.2) is 22.4 Å². The van der Waals surface area contributed by atoms with Crippen molar-refractivity contribution in [2.24, 2.45) is 5.73 Å². The van der Waals surface area contributed by atoms with Crippen LogP contribution in [0.25, 0.3) is 0 Å². The summed E-state index contributed by atoms with van der Waals surface area (Å²) in [6.45, 7) is 0.778. The van der Waals surface area contributed by atoms with E-state index in [1.54, 1.807) is 0 Å². The Balaban J connectivity index is 1.73. The number of nitrogens with zero attached hydrogens (tertiary/aromatic N) is 2. The summed E-state index contributed by atoms with van der Waals surface area (Å²) in [5.41, 5.74) is 7.13. The van der Waals surface area contributed by atoms with Crippen molar-refractivity contribution in [3.05, 3.63) is 18.0 Å². The average Bonchev–Trinajstić information content (AvgIpc) is 2.97. The minimum atomic E-state index is 0.168. The summed E-state index contributed by atoms with van der Waals surface area (Å²) in [6.07, 6.45) is 8.67. The molecule has 1 aromatic rings. The average molecular weight is 207 g/mol. The van der Waals surface area contributed by atoms with E-state index in [-0.39, 0.29) is 12.1 Å². The van der Waals surface area contributed by atoms with Crippen molar-refractivity contribution in [3.63, 3.8) is 0 Å². The molecule has 1 saturated carbocycles. The van der Waals surface area contributed by atoms with E-state index in [2.05, 4.69) is 16.0 Å². The first-order valence-electron chi connectivity index (χ1n) is 5.74. The third-order valence-corrected chi connectivity index (χ3v) is 3.24. The Labute approximate surface area is 89.4 Å². The lowest BCUT2D eigenvalue weighted by atomic mass is 10.0. The van der Waals surface area contributed by atoms with Gasteiger partial charge in [-0.2, -0.15) is 5.10 Å². The summed E-state index contributed by atoms with van der Waals surface area (Å²) in [5.74, 6) is 0. The van der Waals surface area contributed by atoms with Crippen molar-refractivity contribution < 1.29 is 4.74 Å². The van der Waals surface area contributed by atoms with Crippen molar-refractivity contribution >= 4 is 0 Å². The molecule has 15 heavy (non-hydrogen) atoms. The molecule has 82 valence electrons. The van der Waals surface area contributed by atoms with Gasteiger partial charge in [-0.25, -0.2) is 0 Å². The van der Waals surface area contributed by atoms with Crippen LogP contribution in [0, 0.1) is 0 Å². The number of hydrogen-bond acceptors (Lipinski definition) is 3. The molecule has 0 aromatic carbocycles. The molecule has 2 heterocycles. The fourth-order valence-electron chi connectivity index (χ4n) is 2.11. The van der Waals surface area contributed by atoms with Gasteiger partial charge in [0.1, 0.15) is 0 Å². The maximum atomic E-state index is 5.93. The Hall–Kier alpha value is -0.870. The predicted octanol–water partition coefficient (Wildman–Crippen LogP) is 1.40. The molecule has 1 aliphatic carbocycles. The van der Waals surface area contributed by atoms with E-state index in [4.69, 9.17) is 10.5 Å². The second-order valence-corrected chi connectivity index (χ2v) is 4.63. The summed E-state index contributed by atoms with van der Waals surface area (Å²) in [5, 5.41) is 4.37. The van der Waals surface area contributed by atoms with Crippen LogP contribution >= 0.6 is 0 Å². The highest BCUT2D eigenvalue weighted by Gasteiger charge is 2.27. The molecule has 3 rings (SSSR count). The number of rotatable bonds is 2. The molecule has 2 atom stereocenters. The number of hydrogen-bond donors (Lipinski definition) is 1. The Bertz CT molecular complexity index is 345. The molecule has 2 fully saturated rings. The van der Waals surface area contributed by atoms with E-state index in [0.717, 1.165) is 19.4 Å². The Kier molecular flexibility index (Phi) is 2.25. The van der Waals surface area contributed by atoms with Gasteiger partial charge in [-0.05, 0) is 25.7 Å². The molecule has 0 unspecified atom stereocenters. The van der Waals surface area contributed by atoms with Crippen molar-refractivity contribution in [2.45, 2.75) is 43.9 Å². The van der Waals surface area contributed by atoms with Gasteiger partial charge in [0.25, 0.3) is 0 Å². The van der Waals surface area contributed by atoms with Crippen LogP contribution < -0.4 is 5.73 Å². The Morgan fingerprint density at radius 1 is 1.40 bits per heavy atom. The molecular formula is C11H17N3O. The van der Waals surface area contributed by atoms with Gasteiger partial charge in [0.2, 0.25) is 0 Å². The van der Waals surface area contributed by atoms with Gasteiger partial charge in [-0.1, -0.05) is 0 Å². The minimum absolute atomic E-state index is 0.168. The van der Waals surface area contributed by atoms with Crippen molar-refractivity contribution in [1.29, 1.82) is 0 Å². The second-order valence-electron chi connectivity index (χ2n) is 4.63. The van der Waals surface area contributed by atoms with E-state index in [9.17, 15) is 0 Å². The first-order valence-corrected chi connectivity index (χ1v) is 5.74. The molecule has 1 aliphatic heterocycles. The van der Waals surface area contributed by atoms with Crippen LogP contribution in [0.2, 0.25) is 0 Å². The summed E-state index contributed by atoms with van der Waals surface area (Å²) in [6, 6.07) is 0.934. The minimum Gasteiger partial charge on any atom is -0.373 e. The van der Waals surface area contributed by atoms with E-state index >= 15 is 0 Å². The molecule has 0 radical (unpaired) electrons. The molecule has 2 N–H and O–H groups in total. The maximum absolute atomic E-state index is 5.93. The quantitative estimate of drug-likeness (QED) is 0.797. The SMILES string of the molecule is N[C@H]1CCO[C@@H](c2cnn(C3CC3)c2)C1. The zero-order chi connectivity index (χ0) is 10.3. The molecule has 0 amide bonds. The lowest BCUT2D eigenvalue weighted by Crippen LogP contribution is -2.30. The Morgan fingerprint density at radius 2 is 2.27 bits per heavy atom. The highest BCUT2D eigenvalue weighted by Crippen LogP contribution is 2.35. The fraction of sp³-hybridized carbons (Fsp3) is 0.727. The smallest absolute Gasteiger partial charge is 0.0870 e. The molecule has 0 spiro atoms. The Morgan fingerprint density at radius 3 is 3.00 bits per heavy atom. The van der Waals surface area contributed by atoms with Crippen LogP contribution in [0.15, 0.2) is 12.4 Å².